The Kier molecular flexibility index (Phi) is 5.30. The number of furan rings is 1. The van der Waals surface area contributed by atoms with Crippen LogP contribution in [0.15, 0.2) is 53.0 Å². The zero-order valence-corrected chi connectivity index (χ0v) is 14.4. The van der Waals surface area contributed by atoms with Gasteiger partial charge in [-0.15, -0.1) is 12.4 Å². The number of benzene rings is 2. The van der Waals surface area contributed by atoms with Gasteiger partial charge < -0.3 is 4.42 Å². The molecule has 1 aromatic heterocycles. The highest BCUT2D eigenvalue weighted by atomic mass is 35.5. The molecule has 23 heavy (non-hydrogen) atoms. The van der Waals surface area contributed by atoms with Gasteiger partial charge in [0.25, 0.3) is 0 Å². The lowest BCUT2D eigenvalue weighted by Gasteiger charge is -1.99. The third-order valence-corrected chi connectivity index (χ3v) is 3.63. The molecule has 2 nitrogen and oxygen atoms in total. The number of carbonyl (C=O) groups is 1. The van der Waals surface area contributed by atoms with Crippen LogP contribution in [0.3, 0.4) is 0 Å². The topological polar surface area (TPSA) is 30.2 Å². The van der Waals surface area contributed by atoms with Crippen molar-refractivity contribution in [3.63, 3.8) is 0 Å². The van der Waals surface area contributed by atoms with Crippen molar-refractivity contribution >= 4 is 46.8 Å². The van der Waals surface area contributed by atoms with Gasteiger partial charge in [0, 0.05) is 10.4 Å². The van der Waals surface area contributed by atoms with Crippen molar-refractivity contribution in [1.29, 1.82) is 0 Å². The summed E-state index contributed by atoms with van der Waals surface area (Å²) in [7, 11) is 0. The van der Waals surface area contributed by atoms with E-state index in [0.29, 0.717) is 16.4 Å². The number of allylic oxidation sites excluding steroid dienone is 1. The van der Waals surface area contributed by atoms with Crippen molar-refractivity contribution in [2.75, 3.05) is 0 Å². The second kappa shape index (κ2) is 7.03. The number of halogens is 2. The van der Waals surface area contributed by atoms with E-state index in [4.69, 9.17) is 16.0 Å². The maximum absolute atomic E-state index is 12.2. The van der Waals surface area contributed by atoms with E-state index in [9.17, 15) is 4.79 Å². The first-order valence-electron chi connectivity index (χ1n) is 7.01. The molecule has 0 amide bonds. The number of carbonyl (C=O) groups excluding carboxylic acids is 1. The van der Waals surface area contributed by atoms with Gasteiger partial charge >= 0.3 is 0 Å². The van der Waals surface area contributed by atoms with Gasteiger partial charge in [-0.25, -0.2) is 0 Å². The number of hydrogen-bond acceptors (Lipinski definition) is 2. The summed E-state index contributed by atoms with van der Waals surface area (Å²) in [6, 6.07) is 13.2. The van der Waals surface area contributed by atoms with Gasteiger partial charge in [-0.1, -0.05) is 47.0 Å². The summed E-state index contributed by atoms with van der Waals surface area (Å²) in [5.74, 6) is 0.157. The van der Waals surface area contributed by atoms with Crippen molar-refractivity contribution in [2.45, 2.75) is 13.8 Å². The van der Waals surface area contributed by atoms with E-state index in [-0.39, 0.29) is 18.2 Å². The number of hydrogen-bond donors (Lipinski definition) is 0. The molecule has 0 unspecified atom stereocenters. The minimum absolute atomic E-state index is 0. The summed E-state index contributed by atoms with van der Waals surface area (Å²) in [5, 5.41) is 1.45. The van der Waals surface area contributed by atoms with Crippen LogP contribution >= 0.6 is 24.0 Å². The molecule has 118 valence electrons. The fourth-order valence-corrected chi connectivity index (χ4v) is 2.68. The molecule has 2 aromatic carbocycles. The van der Waals surface area contributed by atoms with E-state index in [0.717, 1.165) is 10.9 Å². The van der Waals surface area contributed by atoms with Gasteiger partial charge in [-0.05, 0) is 49.8 Å². The van der Waals surface area contributed by atoms with Crippen LogP contribution in [0.25, 0.3) is 17.0 Å². The Morgan fingerprint density at radius 2 is 1.74 bits per heavy atom. The zero-order chi connectivity index (χ0) is 15.7. The van der Waals surface area contributed by atoms with Crippen molar-refractivity contribution in [3.8, 4) is 0 Å². The van der Waals surface area contributed by atoms with Crippen LogP contribution in [0.1, 0.15) is 27.2 Å². The van der Waals surface area contributed by atoms with Crippen LogP contribution < -0.4 is 0 Å². The minimum atomic E-state index is -0.161. The molecule has 0 radical (unpaired) electrons. The molecule has 3 aromatic rings. The average molecular weight is 347 g/mol. The highest BCUT2D eigenvalue weighted by Gasteiger charge is 2.09. The molecule has 1 heterocycles. The van der Waals surface area contributed by atoms with Gasteiger partial charge in [-0.2, -0.15) is 0 Å². The Morgan fingerprint density at radius 1 is 1.04 bits per heavy atom. The highest BCUT2D eigenvalue weighted by molar-refractivity contribution is 6.31. The van der Waals surface area contributed by atoms with E-state index >= 15 is 0 Å². The summed E-state index contributed by atoms with van der Waals surface area (Å²) in [6.07, 6.45) is 3.34. The summed E-state index contributed by atoms with van der Waals surface area (Å²) in [5.41, 5.74) is 4.01. The van der Waals surface area contributed by atoms with Crippen molar-refractivity contribution < 1.29 is 9.21 Å². The van der Waals surface area contributed by atoms with E-state index < -0.39 is 0 Å². The van der Waals surface area contributed by atoms with Crippen LogP contribution in [0.5, 0.6) is 0 Å². The predicted molar refractivity (Wildman–Crippen MR) is 97.8 cm³/mol. The largest absolute Gasteiger partial charge is 0.453 e. The second-order valence-corrected chi connectivity index (χ2v) is 5.85. The predicted octanol–water partition coefficient (Wildman–Crippen LogP) is 6.02. The van der Waals surface area contributed by atoms with Gasteiger partial charge in [-0.3, -0.25) is 4.79 Å². The monoisotopic (exact) mass is 346 g/mol. The molecule has 0 fully saturated rings. The van der Waals surface area contributed by atoms with Crippen LogP contribution in [0.2, 0.25) is 5.02 Å². The molecule has 0 atom stereocenters. The first-order valence-corrected chi connectivity index (χ1v) is 7.39. The quantitative estimate of drug-likeness (QED) is 0.428. The fraction of sp³-hybridized carbons (Fsp3) is 0.105. The van der Waals surface area contributed by atoms with Gasteiger partial charge in [0.15, 0.2) is 5.76 Å². The smallest absolute Gasteiger partial charge is 0.221 e. The normalized spacial score (nSPS) is 10.9. The van der Waals surface area contributed by atoms with Crippen molar-refractivity contribution in [2.24, 2.45) is 0 Å². The molecule has 4 heteroatoms. The second-order valence-electron chi connectivity index (χ2n) is 5.41. The third-order valence-electron chi connectivity index (χ3n) is 3.39. The number of aryl methyl sites for hydroxylation is 2. The van der Waals surface area contributed by atoms with Crippen LogP contribution in [-0.2, 0) is 0 Å². The van der Waals surface area contributed by atoms with E-state index in [1.165, 1.54) is 17.2 Å². The Hall–Kier alpha value is -2.03. The van der Waals surface area contributed by atoms with Crippen molar-refractivity contribution in [3.05, 3.63) is 76.0 Å². The molecule has 3 rings (SSSR count). The molecule has 0 saturated carbocycles. The lowest BCUT2D eigenvalue weighted by Crippen LogP contribution is -1.90. The van der Waals surface area contributed by atoms with Crippen LogP contribution in [0.4, 0.5) is 0 Å². The van der Waals surface area contributed by atoms with Crippen LogP contribution in [0, 0.1) is 13.8 Å². The lowest BCUT2D eigenvalue weighted by atomic mass is 10.1. The molecule has 0 aliphatic heterocycles. The maximum atomic E-state index is 12.2. The number of ketones is 1. The molecule has 0 saturated heterocycles. The van der Waals surface area contributed by atoms with E-state index in [1.54, 1.807) is 24.3 Å². The first-order chi connectivity index (χ1) is 10.5. The average Bonchev–Trinajstić information content (AvgIpc) is 2.86. The van der Waals surface area contributed by atoms with Gasteiger partial charge in [0.2, 0.25) is 5.78 Å². The summed E-state index contributed by atoms with van der Waals surface area (Å²) in [6.45, 7) is 4.07. The molecular weight excluding hydrogens is 331 g/mol. The van der Waals surface area contributed by atoms with E-state index in [2.05, 4.69) is 6.07 Å². The Balaban J connectivity index is 0.00000192. The zero-order valence-electron chi connectivity index (χ0n) is 12.8. The highest BCUT2D eigenvalue weighted by Crippen LogP contribution is 2.23. The van der Waals surface area contributed by atoms with Crippen molar-refractivity contribution in [1.82, 2.24) is 0 Å². The first kappa shape index (κ1) is 17.3. The Morgan fingerprint density at radius 3 is 2.43 bits per heavy atom. The Bertz CT molecular complexity index is 871. The van der Waals surface area contributed by atoms with Gasteiger partial charge in [0.05, 0.1) is 0 Å². The Labute approximate surface area is 146 Å². The molecular formula is C19H16Cl2O2. The van der Waals surface area contributed by atoms with Crippen LogP contribution in [-0.4, -0.2) is 5.78 Å². The number of rotatable bonds is 3. The lowest BCUT2D eigenvalue weighted by molar-refractivity contribution is 0.102. The summed E-state index contributed by atoms with van der Waals surface area (Å²) >= 11 is 5.94. The molecule has 0 aliphatic carbocycles. The molecule has 0 aliphatic rings. The SMILES string of the molecule is Cc1cc(C)cc(C=CC(=O)c2cc3cc(Cl)ccc3o2)c1.Cl. The molecule has 0 bridgehead atoms. The maximum Gasteiger partial charge on any atom is 0.221 e. The standard InChI is InChI=1S/C19H15ClO2.ClH/c1-12-7-13(2)9-14(8-12)3-5-17(21)19-11-15-10-16(20)4-6-18(15)22-19;/h3-11H,1-2H3;1H. The number of fused-ring (bicyclic) bond motifs is 1. The molecule has 0 N–H and O–H groups in total. The van der Waals surface area contributed by atoms with E-state index in [1.807, 2.05) is 32.1 Å². The third kappa shape index (κ3) is 4.04. The molecule has 0 spiro atoms. The summed E-state index contributed by atoms with van der Waals surface area (Å²) < 4.78 is 5.56. The summed E-state index contributed by atoms with van der Waals surface area (Å²) in [4.78, 5) is 12.2. The minimum Gasteiger partial charge on any atom is -0.453 e. The van der Waals surface area contributed by atoms with Gasteiger partial charge in [0.1, 0.15) is 5.58 Å². The fourth-order valence-electron chi connectivity index (χ4n) is 2.50.